The van der Waals surface area contributed by atoms with Crippen molar-refractivity contribution in [3.05, 3.63) is 29.8 Å². The van der Waals surface area contributed by atoms with Gasteiger partial charge in [-0.1, -0.05) is 6.07 Å². The highest BCUT2D eigenvalue weighted by Gasteiger charge is 2.65. The summed E-state index contributed by atoms with van der Waals surface area (Å²) in [7, 11) is 0. The summed E-state index contributed by atoms with van der Waals surface area (Å²) in [6.45, 7) is 3.18. The van der Waals surface area contributed by atoms with E-state index in [2.05, 4.69) is 9.47 Å². The molecule has 0 heterocycles. The SMILES string of the molecule is CCOC(=O)C(NC(=O)Nc1cccc(C(F)(F)F)c1)(OC(C)C)C(F)(F)F. The molecule has 1 unspecified atom stereocenters. The molecule has 0 spiro atoms. The van der Waals surface area contributed by atoms with Crippen LogP contribution in [0.1, 0.15) is 26.3 Å². The number of nitrogens with one attached hydrogen (secondary N) is 2. The Balaban J connectivity index is 3.18. The number of amides is 2. The van der Waals surface area contributed by atoms with Crippen LogP contribution in [-0.2, 0) is 20.4 Å². The number of esters is 1. The van der Waals surface area contributed by atoms with Gasteiger partial charge in [0.05, 0.1) is 18.3 Å². The Morgan fingerprint density at radius 1 is 1.11 bits per heavy atom. The van der Waals surface area contributed by atoms with E-state index in [-0.39, 0.29) is 0 Å². The minimum atomic E-state index is -5.42. The zero-order chi connectivity index (χ0) is 21.8. The number of anilines is 1. The second-order valence-corrected chi connectivity index (χ2v) is 5.72. The number of halogens is 6. The fourth-order valence-corrected chi connectivity index (χ4v) is 2.06. The molecule has 6 nitrogen and oxygen atoms in total. The van der Waals surface area contributed by atoms with Gasteiger partial charge in [0.1, 0.15) is 0 Å². The lowest BCUT2D eigenvalue weighted by molar-refractivity contribution is -0.292. The van der Waals surface area contributed by atoms with Gasteiger partial charge in [-0.2, -0.15) is 26.3 Å². The molecule has 1 rings (SSSR count). The molecule has 0 radical (unpaired) electrons. The highest BCUT2D eigenvalue weighted by molar-refractivity contribution is 5.94. The van der Waals surface area contributed by atoms with E-state index >= 15 is 0 Å². The first kappa shape index (κ1) is 23.5. The van der Waals surface area contributed by atoms with E-state index in [0.717, 1.165) is 12.1 Å². The summed E-state index contributed by atoms with van der Waals surface area (Å²) in [5.74, 6) is -1.92. The van der Waals surface area contributed by atoms with Crippen molar-refractivity contribution < 1.29 is 45.4 Å². The van der Waals surface area contributed by atoms with Crippen molar-refractivity contribution in [3.63, 3.8) is 0 Å². The topological polar surface area (TPSA) is 76.7 Å². The molecule has 0 aliphatic carbocycles. The smallest absolute Gasteiger partial charge is 0.448 e. The first-order valence-corrected chi connectivity index (χ1v) is 7.91. The largest absolute Gasteiger partial charge is 0.462 e. The molecular formula is C16H18F6N2O4. The normalized spacial score (nSPS) is 14.4. The number of urea groups is 1. The first-order chi connectivity index (χ1) is 12.7. The molecule has 0 aromatic heterocycles. The number of benzene rings is 1. The molecule has 0 fully saturated rings. The number of ether oxygens (including phenoxy) is 2. The van der Waals surface area contributed by atoms with Crippen molar-refractivity contribution >= 4 is 17.7 Å². The molecule has 1 atom stereocenters. The maximum Gasteiger partial charge on any atom is 0.448 e. The molecule has 0 saturated heterocycles. The quantitative estimate of drug-likeness (QED) is 0.416. The van der Waals surface area contributed by atoms with Crippen molar-refractivity contribution in [2.75, 3.05) is 11.9 Å². The van der Waals surface area contributed by atoms with Crippen LogP contribution in [0.2, 0.25) is 0 Å². The minimum absolute atomic E-state index is 0.435. The van der Waals surface area contributed by atoms with E-state index in [4.69, 9.17) is 0 Å². The van der Waals surface area contributed by atoms with Gasteiger partial charge >= 0.3 is 30.1 Å². The highest BCUT2D eigenvalue weighted by atomic mass is 19.4. The Kier molecular flexibility index (Phi) is 7.29. The van der Waals surface area contributed by atoms with Gasteiger partial charge in [0.25, 0.3) is 0 Å². The summed E-state index contributed by atoms with van der Waals surface area (Å²) in [4.78, 5) is 24.0. The van der Waals surface area contributed by atoms with Crippen molar-refractivity contribution in [1.82, 2.24) is 5.32 Å². The molecule has 2 amide bonds. The Morgan fingerprint density at radius 2 is 1.71 bits per heavy atom. The third-order valence-electron chi connectivity index (χ3n) is 3.11. The Labute approximate surface area is 156 Å². The molecule has 0 aliphatic heterocycles. The third kappa shape index (κ3) is 5.75. The van der Waals surface area contributed by atoms with Gasteiger partial charge < -0.3 is 14.8 Å². The van der Waals surface area contributed by atoms with E-state index in [0.29, 0.717) is 12.1 Å². The van der Waals surface area contributed by atoms with Gasteiger partial charge in [0.2, 0.25) is 0 Å². The summed E-state index contributed by atoms with van der Waals surface area (Å²) >= 11 is 0. The fraction of sp³-hybridized carbons (Fsp3) is 0.500. The predicted molar refractivity (Wildman–Crippen MR) is 85.2 cm³/mol. The van der Waals surface area contributed by atoms with Crippen LogP contribution in [0.3, 0.4) is 0 Å². The summed E-state index contributed by atoms with van der Waals surface area (Å²) in [5, 5.41) is 3.15. The van der Waals surface area contributed by atoms with Crippen LogP contribution in [-0.4, -0.2) is 36.6 Å². The highest BCUT2D eigenvalue weighted by Crippen LogP contribution is 2.34. The maximum absolute atomic E-state index is 13.6. The second-order valence-electron chi connectivity index (χ2n) is 5.72. The van der Waals surface area contributed by atoms with Gasteiger partial charge in [0.15, 0.2) is 0 Å². The maximum atomic E-state index is 13.6. The first-order valence-electron chi connectivity index (χ1n) is 7.91. The number of rotatable bonds is 6. The molecule has 2 N–H and O–H groups in total. The van der Waals surface area contributed by atoms with Crippen LogP contribution in [0.25, 0.3) is 0 Å². The summed E-state index contributed by atoms with van der Waals surface area (Å²) in [6, 6.07) is 1.58. The zero-order valence-corrected chi connectivity index (χ0v) is 15.0. The standard InChI is InChI=1S/C16H18F6N2O4/c1-4-27-12(25)14(16(20,21)22,28-9(2)3)24-13(26)23-11-7-5-6-10(8-11)15(17,18)19/h5-9H,4H2,1-3H3,(H2,23,24,26). The van der Waals surface area contributed by atoms with E-state index in [9.17, 15) is 35.9 Å². The van der Waals surface area contributed by atoms with Crippen molar-refractivity contribution in [2.45, 2.75) is 45.0 Å². The number of alkyl halides is 6. The van der Waals surface area contributed by atoms with Gasteiger partial charge in [-0.25, -0.2) is 9.59 Å². The van der Waals surface area contributed by atoms with Crippen LogP contribution in [0, 0.1) is 0 Å². The van der Waals surface area contributed by atoms with Crippen LogP contribution in [0.15, 0.2) is 24.3 Å². The van der Waals surface area contributed by atoms with E-state index < -0.39 is 54.0 Å². The molecule has 1 aromatic rings. The van der Waals surface area contributed by atoms with Crippen LogP contribution < -0.4 is 10.6 Å². The number of carbonyl (C=O) groups is 2. The third-order valence-corrected chi connectivity index (χ3v) is 3.11. The molecule has 12 heteroatoms. The summed E-state index contributed by atoms with van der Waals surface area (Å²) < 4.78 is 88.0. The van der Waals surface area contributed by atoms with Crippen molar-refractivity contribution in [2.24, 2.45) is 0 Å². The zero-order valence-electron chi connectivity index (χ0n) is 15.0. The van der Waals surface area contributed by atoms with Crippen LogP contribution in [0.5, 0.6) is 0 Å². The van der Waals surface area contributed by atoms with Gasteiger partial charge in [0, 0.05) is 5.69 Å². The van der Waals surface area contributed by atoms with Gasteiger partial charge in [-0.15, -0.1) is 0 Å². The Bertz CT molecular complexity index is 705. The average molecular weight is 416 g/mol. The Hall–Kier alpha value is -2.50. The lowest BCUT2D eigenvalue weighted by Crippen LogP contribution is -2.67. The number of carbonyl (C=O) groups excluding carboxylic acids is 2. The fourth-order valence-electron chi connectivity index (χ4n) is 2.06. The average Bonchev–Trinajstić information content (AvgIpc) is 2.52. The predicted octanol–water partition coefficient (Wildman–Crippen LogP) is 4.07. The summed E-state index contributed by atoms with van der Waals surface area (Å²) in [5.41, 5.74) is -5.42. The molecule has 28 heavy (non-hydrogen) atoms. The number of hydrogen-bond acceptors (Lipinski definition) is 4. The van der Waals surface area contributed by atoms with Gasteiger partial charge in [-0.3, -0.25) is 5.32 Å². The molecule has 1 aromatic carbocycles. The van der Waals surface area contributed by atoms with Gasteiger partial charge in [-0.05, 0) is 39.0 Å². The minimum Gasteiger partial charge on any atom is -0.462 e. The lowest BCUT2D eigenvalue weighted by atomic mass is 10.2. The van der Waals surface area contributed by atoms with Crippen molar-refractivity contribution in [1.29, 1.82) is 0 Å². The molecule has 158 valence electrons. The Morgan fingerprint density at radius 3 is 2.18 bits per heavy atom. The van der Waals surface area contributed by atoms with Crippen LogP contribution in [0.4, 0.5) is 36.8 Å². The monoisotopic (exact) mass is 416 g/mol. The second kappa shape index (κ2) is 8.67. The lowest BCUT2D eigenvalue weighted by Gasteiger charge is -2.35. The van der Waals surface area contributed by atoms with Crippen LogP contribution >= 0.6 is 0 Å². The van der Waals surface area contributed by atoms with E-state index in [1.807, 2.05) is 5.32 Å². The number of hydrogen-bond donors (Lipinski definition) is 2. The summed E-state index contributed by atoms with van der Waals surface area (Å²) in [6.07, 6.45) is -11.3. The van der Waals surface area contributed by atoms with E-state index in [1.54, 1.807) is 0 Å². The van der Waals surface area contributed by atoms with Crippen molar-refractivity contribution in [3.8, 4) is 0 Å². The molecule has 0 saturated carbocycles. The molecule has 0 bridgehead atoms. The molecule has 0 aliphatic rings. The van der Waals surface area contributed by atoms with E-state index in [1.165, 1.54) is 26.1 Å². The molecular weight excluding hydrogens is 398 g/mol.